The van der Waals surface area contributed by atoms with E-state index in [1.807, 2.05) is 0 Å². The predicted molar refractivity (Wildman–Crippen MR) is 72.2 cm³/mol. The number of hydrogen-bond acceptors (Lipinski definition) is 4. The van der Waals surface area contributed by atoms with Crippen LogP contribution in [-0.2, 0) is 16.1 Å². The van der Waals surface area contributed by atoms with E-state index in [2.05, 4.69) is 10.1 Å². The summed E-state index contributed by atoms with van der Waals surface area (Å²) in [6, 6.07) is 5.75. The minimum Gasteiger partial charge on any atom is -0.405 e. The molecule has 1 aliphatic rings. The van der Waals surface area contributed by atoms with Crippen molar-refractivity contribution in [2.75, 3.05) is 26.7 Å². The van der Waals surface area contributed by atoms with Crippen molar-refractivity contribution in [2.45, 2.75) is 19.0 Å². The van der Waals surface area contributed by atoms with Crippen LogP contribution in [0.5, 0.6) is 5.75 Å². The van der Waals surface area contributed by atoms with E-state index in [4.69, 9.17) is 4.74 Å². The number of likely N-dealkylation sites (N-methyl/N-ethyl adjacent to an activating group) is 1. The zero-order valence-electron chi connectivity index (χ0n) is 12.0. The lowest BCUT2D eigenvalue weighted by Crippen LogP contribution is -2.48. The Bertz CT molecular complexity index is 516. The van der Waals surface area contributed by atoms with E-state index >= 15 is 0 Å². The van der Waals surface area contributed by atoms with Crippen LogP contribution in [0.1, 0.15) is 5.56 Å². The van der Waals surface area contributed by atoms with E-state index < -0.39 is 12.5 Å². The fraction of sp³-hybridized carbons (Fsp3) is 0.500. The Morgan fingerprint density at radius 2 is 2.18 bits per heavy atom. The summed E-state index contributed by atoms with van der Waals surface area (Å²) >= 11 is 0. The Morgan fingerprint density at radius 1 is 1.45 bits per heavy atom. The van der Waals surface area contributed by atoms with Crippen LogP contribution < -0.4 is 10.1 Å². The maximum Gasteiger partial charge on any atom is 0.573 e. The lowest BCUT2D eigenvalue weighted by molar-refractivity contribution is -0.275. The first-order valence-corrected chi connectivity index (χ1v) is 6.78. The van der Waals surface area contributed by atoms with E-state index in [0.717, 1.165) is 0 Å². The minimum atomic E-state index is -4.77. The van der Waals surface area contributed by atoms with Crippen LogP contribution in [0.3, 0.4) is 0 Å². The van der Waals surface area contributed by atoms with Crippen LogP contribution >= 0.6 is 0 Å². The van der Waals surface area contributed by atoms with Gasteiger partial charge in [0.2, 0.25) is 0 Å². The molecule has 1 aromatic carbocycles. The van der Waals surface area contributed by atoms with Gasteiger partial charge in [0, 0.05) is 32.2 Å². The van der Waals surface area contributed by atoms with Gasteiger partial charge in [0.25, 0.3) is 5.91 Å². The molecule has 22 heavy (non-hydrogen) atoms. The van der Waals surface area contributed by atoms with Crippen LogP contribution in [0.25, 0.3) is 0 Å². The molecular formula is C14H17F3N2O3. The Labute approximate surface area is 126 Å². The Morgan fingerprint density at radius 3 is 2.82 bits per heavy atom. The first-order valence-electron chi connectivity index (χ1n) is 6.78. The molecule has 122 valence electrons. The van der Waals surface area contributed by atoms with Crippen molar-refractivity contribution < 1.29 is 27.4 Å². The summed E-state index contributed by atoms with van der Waals surface area (Å²) in [5.41, 5.74) is 0.277. The number of halogens is 3. The van der Waals surface area contributed by atoms with Gasteiger partial charge in [-0.2, -0.15) is 0 Å². The van der Waals surface area contributed by atoms with Gasteiger partial charge in [0.05, 0.1) is 6.61 Å². The Kier molecular flexibility index (Phi) is 5.25. The highest BCUT2D eigenvalue weighted by atomic mass is 19.4. The monoisotopic (exact) mass is 318 g/mol. The van der Waals surface area contributed by atoms with Gasteiger partial charge in [0.15, 0.2) is 0 Å². The summed E-state index contributed by atoms with van der Waals surface area (Å²) in [5, 5.41) is 3.03. The third-order valence-corrected chi connectivity index (χ3v) is 3.19. The molecule has 0 radical (unpaired) electrons. The molecule has 0 aliphatic carbocycles. The molecule has 1 aromatic rings. The number of para-hydroxylation sites is 1. The fourth-order valence-electron chi connectivity index (χ4n) is 2.16. The molecule has 0 unspecified atom stereocenters. The summed E-state index contributed by atoms with van der Waals surface area (Å²) < 4.78 is 46.5. The lowest BCUT2D eigenvalue weighted by atomic mass is 10.1. The summed E-state index contributed by atoms with van der Waals surface area (Å²) in [6.07, 6.45) is -5.39. The third-order valence-electron chi connectivity index (χ3n) is 3.19. The molecule has 0 spiro atoms. The van der Waals surface area contributed by atoms with E-state index in [-0.39, 0.29) is 23.8 Å². The number of rotatable bonds is 4. The highest BCUT2D eigenvalue weighted by Gasteiger charge is 2.32. The Balaban J connectivity index is 2.04. The number of nitrogens with zero attached hydrogens (tertiary/aromatic N) is 1. The van der Waals surface area contributed by atoms with Gasteiger partial charge >= 0.3 is 6.36 Å². The van der Waals surface area contributed by atoms with Crippen molar-refractivity contribution in [3.63, 3.8) is 0 Å². The number of nitrogens with one attached hydrogen (secondary N) is 1. The minimum absolute atomic E-state index is 0.00491. The van der Waals surface area contributed by atoms with Gasteiger partial charge in [-0.1, -0.05) is 18.2 Å². The number of carbonyl (C=O) groups is 1. The average molecular weight is 318 g/mol. The van der Waals surface area contributed by atoms with E-state index in [9.17, 15) is 18.0 Å². The molecule has 1 heterocycles. The molecule has 1 amide bonds. The van der Waals surface area contributed by atoms with Gasteiger partial charge in [-0.15, -0.1) is 13.2 Å². The maximum absolute atomic E-state index is 12.4. The number of benzene rings is 1. The van der Waals surface area contributed by atoms with Crippen LogP contribution in [-0.4, -0.2) is 50.0 Å². The van der Waals surface area contributed by atoms with Gasteiger partial charge in [-0.3, -0.25) is 4.79 Å². The highest BCUT2D eigenvalue weighted by Crippen LogP contribution is 2.27. The first kappa shape index (κ1) is 16.6. The molecule has 8 heteroatoms. The zero-order chi connectivity index (χ0) is 16.2. The smallest absolute Gasteiger partial charge is 0.405 e. The largest absolute Gasteiger partial charge is 0.573 e. The van der Waals surface area contributed by atoms with Crippen LogP contribution in [0.15, 0.2) is 24.3 Å². The average Bonchev–Trinajstić information content (AvgIpc) is 2.48. The van der Waals surface area contributed by atoms with Crippen LogP contribution in [0, 0.1) is 0 Å². The molecule has 0 bridgehead atoms. The molecule has 1 aliphatic heterocycles. The van der Waals surface area contributed by atoms with Crippen molar-refractivity contribution in [2.24, 2.45) is 0 Å². The van der Waals surface area contributed by atoms with Gasteiger partial charge < -0.3 is 19.7 Å². The summed E-state index contributed by atoms with van der Waals surface area (Å²) in [6.45, 7) is 1.50. The quantitative estimate of drug-likeness (QED) is 0.915. The summed E-state index contributed by atoms with van der Waals surface area (Å²) in [4.78, 5) is 13.5. The van der Waals surface area contributed by atoms with E-state index in [1.54, 1.807) is 6.07 Å². The predicted octanol–water partition coefficient (Wildman–Crippen LogP) is 1.53. The lowest BCUT2D eigenvalue weighted by Gasteiger charge is -2.27. The molecule has 2 rings (SSSR count). The highest BCUT2D eigenvalue weighted by molar-refractivity contribution is 5.81. The maximum atomic E-state index is 12.4. The number of alkyl halides is 3. The first-order chi connectivity index (χ1) is 10.4. The Hall–Kier alpha value is -1.80. The van der Waals surface area contributed by atoms with Crippen LogP contribution in [0.2, 0.25) is 0 Å². The fourth-order valence-corrected chi connectivity index (χ4v) is 2.16. The molecule has 0 saturated carbocycles. The van der Waals surface area contributed by atoms with Crippen LogP contribution in [0.4, 0.5) is 13.2 Å². The summed E-state index contributed by atoms with van der Waals surface area (Å²) in [7, 11) is 1.52. The zero-order valence-corrected chi connectivity index (χ0v) is 12.0. The van der Waals surface area contributed by atoms with Crippen molar-refractivity contribution in [3.05, 3.63) is 29.8 Å². The van der Waals surface area contributed by atoms with Crippen molar-refractivity contribution in [1.82, 2.24) is 10.2 Å². The van der Waals surface area contributed by atoms with Gasteiger partial charge in [-0.05, 0) is 6.07 Å². The van der Waals surface area contributed by atoms with E-state index in [0.29, 0.717) is 19.7 Å². The van der Waals surface area contributed by atoms with Crippen molar-refractivity contribution in [1.29, 1.82) is 0 Å². The molecule has 1 fully saturated rings. The van der Waals surface area contributed by atoms with Crippen molar-refractivity contribution in [3.8, 4) is 5.75 Å². The van der Waals surface area contributed by atoms with Gasteiger partial charge in [0.1, 0.15) is 11.9 Å². The molecule has 5 nitrogen and oxygen atoms in total. The second-order valence-electron chi connectivity index (χ2n) is 4.91. The standard InChI is InChI=1S/C14H17F3N2O3/c1-19(13(20)12-8-18-6-7-21-12)9-10-4-2-3-5-11(10)22-14(15,16)17/h2-5,12,18H,6-9H2,1H3/t12-/m0/s1. The second kappa shape index (κ2) is 6.97. The third kappa shape index (κ3) is 4.60. The normalized spacial score (nSPS) is 18.8. The molecule has 1 atom stereocenters. The SMILES string of the molecule is CN(Cc1ccccc1OC(F)(F)F)C(=O)[C@@H]1CNCCO1. The number of carbonyl (C=O) groups excluding carboxylic acids is 1. The summed E-state index contributed by atoms with van der Waals surface area (Å²) in [5.74, 6) is -0.591. The number of hydrogen-bond donors (Lipinski definition) is 1. The number of morpholine rings is 1. The molecule has 1 N–H and O–H groups in total. The second-order valence-corrected chi connectivity index (χ2v) is 4.91. The molecule has 0 aromatic heterocycles. The number of ether oxygens (including phenoxy) is 2. The van der Waals surface area contributed by atoms with Gasteiger partial charge in [-0.25, -0.2) is 0 Å². The molecular weight excluding hydrogens is 301 g/mol. The van der Waals surface area contributed by atoms with Crippen molar-refractivity contribution >= 4 is 5.91 Å². The van der Waals surface area contributed by atoms with E-state index in [1.165, 1.54) is 30.1 Å². The number of amides is 1. The topological polar surface area (TPSA) is 50.8 Å². The molecule has 1 saturated heterocycles.